The van der Waals surface area contributed by atoms with Crippen LogP contribution in [0.5, 0.6) is 11.5 Å². The summed E-state index contributed by atoms with van der Waals surface area (Å²) in [6.45, 7) is 4.51. The molecule has 1 aliphatic rings. The SMILES string of the molecule is COc1ccc(S(=O)(=O)N2CC(C)(C)c3ccccc32)cc1OC. The molecule has 128 valence electrons. The van der Waals surface area contributed by atoms with Crippen LogP contribution >= 0.6 is 0 Å². The van der Waals surface area contributed by atoms with E-state index in [4.69, 9.17) is 9.47 Å². The van der Waals surface area contributed by atoms with E-state index in [1.54, 1.807) is 12.1 Å². The number of hydrogen-bond donors (Lipinski definition) is 0. The molecular weight excluding hydrogens is 326 g/mol. The Morgan fingerprint density at radius 3 is 2.33 bits per heavy atom. The standard InChI is InChI=1S/C18H21NO4S/c1-18(2)12-19(15-8-6-5-7-14(15)18)24(20,21)13-9-10-16(22-3)17(11-13)23-4/h5-11H,12H2,1-4H3. The fourth-order valence-electron chi connectivity index (χ4n) is 3.11. The molecule has 0 saturated carbocycles. The first kappa shape index (κ1) is 16.6. The van der Waals surface area contributed by atoms with E-state index in [0.29, 0.717) is 18.0 Å². The topological polar surface area (TPSA) is 55.8 Å². The molecule has 24 heavy (non-hydrogen) atoms. The summed E-state index contributed by atoms with van der Waals surface area (Å²) < 4.78 is 38.3. The van der Waals surface area contributed by atoms with Crippen molar-refractivity contribution in [3.63, 3.8) is 0 Å². The Hall–Kier alpha value is -2.21. The van der Waals surface area contributed by atoms with Crippen molar-refractivity contribution in [3.05, 3.63) is 48.0 Å². The normalized spacial score (nSPS) is 15.9. The van der Waals surface area contributed by atoms with Gasteiger partial charge in [-0.2, -0.15) is 0 Å². The number of benzene rings is 2. The monoisotopic (exact) mass is 347 g/mol. The molecule has 0 spiro atoms. The van der Waals surface area contributed by atoms with Crippen molar-refractivity contribution in [2.24, 2.45) is 0 Å². The minimum absolute atomic E-state index is 0.188. The lowest BCUT2D eigenvalue weighted by molar-refractivity contribution is 0.354. The number of anilines is 1. The summed E-state index contributed by atoms with van der Waals surface area (Å²) in [5.41, 5.74) is 1.53. The molecule has 0 bridgehead atoms. The van der Waals surface area contributed by atoms with Gasteiger partial charge in [0, 0.05) is 18.0 Å². The van der Waals surface area contributed by atoms with Gasteiger partial charge in [-0.05, 0) is 23.8 Å². The molecule has 0 saturated heterocycles. The van der Waals surface area contributed by atoms with E-state index in [1.807, 2.05) is 24.3 Å². The highest BCUT2D eigenvalue weighted by Crippen LogP contribution is 2.43. The van der Waals surface area contributed by atoms with Crippen molar-refractivity contribution in [1.29, 1.82) is 0 Å². The van der Waals surface area contributed by atoms with Gasteiger partial charge >= 0.3 is 0 Å². The zero-order valence-corrected chi connectivity index (χ0v) is 15.1. The zero-order valence-electron chi connectivity index (χ0n) is 14.2. The Morgan fingerprint density at radius 2 is 1.67 bits per heavy atom. The van der Waals surface area contributed by atoms with Crippen LogP contribution < -0.4 is 13.8 Å². The van der Waals surface area contributed by atoms with Gasteiger partial charge in [-0.3, -0.25) is 4.31 Å². The molecule has 1 aliphatic heterocycles. The summed E-state index contributed by atoms with van der Waals surface area (Å²) in [6.07, 6.45) is 0. The van der Waals surface area contributed by atoms with Crippen molar-refractivity contribution in [1.82, 2.24) is 0 Å². The Bertz CT molecular complexity index is 874. The Labute approximate surface area is 142 Å². The molecule has 0 N–H and O–H groups in total. The van der Waals surface area contributed by atoms with E-state index in [-0.39, 0.29) is 10.3 Å². The van der Waals surface area contributed by atoms with Crippen molar-refractivity contribution >= 4 is 15.7 Å². The van der Waals surface area contributed by atoms with Gasteiger partial charge < -0.3 is 9.47 Å². The number of methoxy groups -OCH3 is 2. The summed E-state index contributed by atoms with van der Waals surface area (Å²) in [6, 6.07) is 12.3. The predicted octanol–water partition coefficient (Wildman–Crippen LogP) is 3.19. The first-order valence-electron chi connectivity index (χ1n) is 7.65. The third kappa shape index (κ3) is 2.51. The third-order valence-corrected chi connectivity index (χ3v) is 6.14. The Morgan fingerprint density at radius 1 is 1.00 bits per heavy atom. The lowest BCUT2D eigenvalue weighted by Gasteiger charge is -2.22. The van der Waals surface area contributed by atoms with Gasteiger partial charge in [0.25, 0.3) is 10.0 Å². The fourth-order valence-corrected chi connectivity index (χ4v) is 4.77. The van der Waals surface area contributed by atoms with E-state index in [0.717, 1.165) is 11.3 Å². The van der Waals surface area contributed by atoms with Crippen molar-refractivity contribution < 1.29 is 17.9 Å². The number of rotatable bonds is 4. The Kier molecular flexibility index (Phi) is 3.95. The lowest BCUT2D eigenvalue weighted by Crippen LogP contribution is -2.34. The van der Waals surface area contributed by atoms with E-state index >= 15 is 0 Å². The molecule has 1 heterocycles. The maximum absolute atomic E-state index is 13.2. The summed E-state index contributed by atoms with van der Waals surface area (Å²) >= 11 is 0. The van der Waals surface area contributed by atoms with Crippen LogP contribution in [0.25, 0.3) is 0 Å². The molecule has 0 amide bonds. The van der Waals surface area contributed by atoms with Crippen LogP contribution in [-0.4, -0.2) is 29.2 Å². The number of ether oxygens (including phenoxy) is 2. The molecule has 2 aromatic rings. The fraction of sp³-hybridized carbons (Fsp3) is 0.333. The second-order valence-corrected chi connectivity index (χ2v) is 8.29. The molecular formula is C18H21NO4S. The van der Waals surface area contributed by atoms with Crippen LogP contribution in [-0.2, 0) is 15.4 Å². The second kappa shape index (κ2) is 5.70. The number of sulfonamides is 1. The zero-order chi connectivity index (χ0) is 17.5. The quantitative estimate of drug-likeness (QED) is 0.852. The van der Waals surface area contributed by atoms with E-state index in [1.165, 1.54) is 24.6 Å². The number of hydrogen-bond acceptors (Lipinski definition) is 4. The maximum Gasteiger partial charge on any atom is 0.264 e. The first-order chi connectivity index (χ1) is 11.3. The van der Waals surface area contributed by atoms with Crippen molar-refractivity contribution in [2.45, 2.75) is 24.2 Å². The van der Waals surface area contributed by atoms with Gasteiger partial charge in [0.05, 0.1) is 24.8 Å². The molecule has 0 atom stereocenters. The van der Waals surface area contributed by atoms with E-state index in [2.05, 4.69) is 13.8 Å². The maximum atomic E-state index is 13.2. The molecule has 0 aromatic heterocycles. The first-order valence-corrected chi connectivity index (χ1v) is 9.09. The highest BCUT2D eigenvalue weighted by molar-refractivity contribution is 7.92. The Balaban J connectivity index is 2.10. The van der Waals surface area contributed by atoms with Crippen LogP contribution in [0.2, 0.25) is 0 Å². The van der Waals surface area contributed by atoms with Gasteiger partial charge in [-0.15, -0.1) is 0 Å². The molecule has 0 unspecified atom stereocenters. The smallest absolute Gasteiger partial charge is 0.264 e. The average molecular weight is 347 g/mol. The summed E-state index contributed by atoms with van der Waals surface area (Å²) in [5, 5.41) is 0. The average Bonchev–Trinajstić information content (AvgIpc) is 2.86. The molecule has 2 aromatic carbocycles. The molecule has 6 heteroatoms. The molecule has 0 aliphatic carbocycles. The molecule has 0 radical (unpaired) electrons. The summed E-state index contributed by atoms with van der Waals surface area (Å²) in [4.78, 5) is 0.188. The number of para-hydroxylation sites is 1. The summed E-state index contributed by atoms with van der Waals surface area (Å²) in [7, 11) is -0.675. The van der Waals surface area contributed by atoms with Crippen LogP contribution in [0.4, 0.5) is 5.69 Å². The largest absolute Gasteiger partial charge is 0.493 e. The number of fused-ring (bicyclic) bond motifs is 1. The van der Waals surface area contributed by atoms with Gasteiger partial charge in [0.1, 0.15) is 0 Å². The van der Waals surface area contributed by atoms with E-state index in [9.17, 15) is 8.42 Å². The highest BCUT2D eigenvalue weighted by atomic mass is 32.2. The molecule has 0 fully saturated rings. The third-order valence-electron chi connectivity index (χ3n) is 4.38. The van der Waals surface area contributed by atoms with Crippen LogP contribution in [0, 0.1) is 0 Å². The molecule has 3 rings (SSSR count). The minimum atomic E-state index is -3.68. The van der Waals surface area contributed by atoms with Gasteiger partial charge in [-0.1, -0.05) is 32.0 Å². The van der Waals surface area contributed by atoms with Gasteiger partial charge in [0.15, 0.2) is 11.5 Å². The van der Waals surface area contributed by atoms with Crippen LogP contribution in [0.1, 0.15) is 19.4 Å². The molecule has 5 nitrogen and oxygen atoms in total. The van der Waals surface area contributed by atoms with Crippen LogP contribution in [0.3, 0.4) is 0 Å². The second-order valence-electron chi connectivity index (χ2n) is 6.43. The highest BCUT2D eigenvalue weighted by Gasteiger charge is 2.41. The number of nitrogens with zero attached hydrogens (tertiary/aromatic N) is 1. The van der Waals surface area contributed by atoms with Crippen molar-refractivity contribution in [3.8, 4) is 11.5 Å². The van der Waals surface area contributed by atoms with E-state index < -0.39 is 10.0 Å². The van der Waals surface area contributed by atoms with Crippen molar-refractivity contribution in [2.75, 3.05) is 25.1 Å². The lowest BCUT2D eigenvalue weighted by atomic mass is 9.87. The predicted molar refractivity (Wildman–Crippen MR) is 93.5 cm³/mol. The van der Waals surface area contributed by atoms with Gasteiger partial charge in [0.2, 0.25) is 0 Å². The van der Waals surface area contributed by atoms with Crippen LogP contribution in [0.15, 0.2) is 47.4 Å². The minimum Gasteiger partial charge on any atom is -0.493 e. The van der Waals surface area contributed by atoms with Gasteiger partial charge in [-0.25, -0.2) is 8.42 Å². The summed E-state index contributed by atoms with van der Waals surface area (Å²) in [5.74, 6) is 0.893.